The summed E-state index contributed by atoms with van der Waals surface area (Å²) in [5.41, 5.74) is 3.08. The number of aliphatic hydroxyl groups is 2. The molecule has 6 atom stereocenters. The Morgan fingerprint density at radius 2 is 0.556 bits per heavy atom. The van der Waals surface area contributed by atoms with Gasteiger partial charge in [-0.25, -0.2) is 9.59 Å². The number of carboxylic acids is 2. The van der Waals surface area contributed by atoms with Crippen LogP contribution in [0.3, 0.4) is 0 Å². The van der Waals surface area contributed by atoms with E-state index in [1.54, 1.807) is 11.1 Å². The number of aliphatic hydroxyl groups excluding tert-OH is 2. The first-order chi connectivity index (χ1) is 34.8. The first-order valence-electron chi connectivity index (χ1n) is 31.2. The molecule has 0 aliphatic heterocycles. The molecule has 1 rings (SSSR count). The van der Waals surface area contributed by atoms with Crippen molar-refractivity contribution in [2.75, 3.05) is 0 Å². The number of hydrogen-bond donors (Lipinski definition) is 4. The van der Waals surface area contributed by atoms with Gasteiger partial charge < -0.3 is 20.4 Å². The summed E-state index contributed by atoms with van der Waals surface area (Å²) in [6, 6.07) is 12.5. The highest BCUT2D eigenvalue weighted by Crippen LogP contribution is 2.25. The topological polar surface area (TPSA) is 122 Å². The lowest BCUT2D eigenvalue weighted by Gasteiger charge is -2.36. The van der Waals surface area contributed by atoms with Crippen molar-refractivity contribution in [3.8, 4) is 0 Å². The summed E-state index contributed by atoms with van der Waals surface area (Å²) < 4.78 is 0. The van der Waals surface area contributed by atoms with Crippen molar-refractivity contribution in [1.82, 2.24) is 9.80 Å². The van der Waals surface area contributed by atoms with Crippen LogP contribution in [0.2, 0.25) is 0 Å². The number of aliphatic carboxylic acids is 2. The van der Waals surface area contributed by atoms with Crippen LogP contribution in [-0.4, -0.2) is 78.5 Å². The van der Waals surface area contributed by atoms with E-state index in [0.717, 1.165) is 13.1 Å². The van der Waals surface area contributed by atoms with E-state index in [1.165, 1.54) is 257 Å². The predicted molar refractivity (Wildman–Crippen MR) is 310 cm³/mol. The van der Waals surface area contributed by atoms with E-state index in [9.17, 15) is 9.59 Å². The third-order valence-corrected chi connectivity index (χ3v) is 15.7. The Morgan fingerprint density at radius 1 is 0.361 bits per heavy atom. The van der Waals surface area contributed by atoms with Crippen molar-refractivity contribution in [2.45, 2.75) is 362 Å². The lowest BCUT2D eigenvalue weighted by Crippen LogP contribution is -2.40. The zero-order valence-electron chi connectivity index (χ0n) is 49.0. The van der Waals surface area contributed by atoms with Crippen molar-refractivity contribution in [3.05, 3.63) is 35.4 Å². The van der Waals surface area contributed by atoms with Gasteiger partial charge in [-0.05, 0) is 64.5 Å². The quantitative estimate of drug-likeness (QED) is 0.0476. The van der Waals surface area contributed by atoms with Gasteiger partial charge in [0.05, 0.1) is 0 Å². The second-order valence-corrected chi connectivity index (χ2v) is 22.6. The molecule has 1 aromatic carbocycles. The van der Waals surface area contributed by atoms with E-state index in [0.29, 0.717) is 24.2 Å². The first kappa shape index (κ1) is 70.0. The molecule has 0 aliphatic carbocycles. The fourth-order valence-corrected chi connectivity index (χ4v) is 10.7. The normalized spacial score (nSPS) is 14.2. The lowest BCUT2D eigenvalue weighted by atomic mass is 9.99. The Balaban J connectivity index is 0.00000451. The Bertz CT molecular complexity index is 1190. The fourth-order valence-electron chi connectivity index (χ4n) is 10.7. The van der Waals surface area contributed by atoms with Crippen molar-refractivity contribution in [3.63, 3.8) is 0 Å². The van der Waals surface area contributed by atoms with Crippen LogP contribution >= 0.6 is 0 Å². The van der Waals surface area contributed by atoms with Crippen LogP contribution in [0, 0.1) is 0 Å². The minimum Gasteiger partial charge on any atom is -0.479 e. The van der Waals surface area contributed by atoms with Crippen molar-refractivity contribution in [2.24, 2.45) is 0 Å². The number of benzene rings is 1. The molecule has 4 N–H and O–H groups in total. The molecule has 424 valence electrons. The van der Waals surface area contributed by atoms with Crippen LogP contribution in [-0.2, 0) is 22.7 Å². The maximum Gasteiger partial charge on any atom is 0.335 e. The molecule has 0 spiro atoms. The molecule has 0 amide bonds. The lowest BCUT2D eigenvalue weighted by molar-refractivity contribution is -0.165. The summed E-state index contributed by atoms with van der Waals surface area (Å²) in [7, 11) is 0. The monoisotopic (exact) mass is 1010 g/mol. The molecule has 1 aromatic rings. The van der Waals surface area contributed by atoms with E-state index < -0.39 is 24.1 Å². The van der Waals surface area contributed by atoms with E-state index in [-0.39, 0.29) is 0 Å². The Labute approximate surface area is 447 Å². The predicted octanol–water partition coefficient (Wildman–Crippen LogP) is 18.4. The van der Waals surface area contributed by atoms with Crippen LogP contribution in [0.25, 0.3) is 0 Å². The second kappa shape index (κ2) is 49.9. The van der Waals surface area contributed by atoms with Gasteiger partial charge in [0.2, 0.25) is 0 Å². The highest BCUT2D eigenvalue weighted by atomic mass is 16.4. The highest BCUT2D eigenvalue weighted by Gasteiger charge is 2.29. The molecule has 0 radical (unpaired) electrons. The number of nitrogens with zero attached hydrogens (tertiary/aromatic N) is 2. The fraction of sp³-hybridized carbons (Fsp3) is 0.875. The average molecular weight is 1020 g/mol. The van der Waals surface area contributed by atoms with E-state index >= 15 is 0 Å². The summed E-state index contributed by atoms with van der Waals surface area (Å²) in [5, 5.41) is 32.5. The van der Waals surface area contributed by atoms with Crippen LogP contribution in [0.5, 0.6) is 0 Å². The minimum atomic E-state index is -2.27. The number of rotatable bonds is 51. The van der Waals surface area contributed by atoms with Crippen molar-refractivity contribution >= 4 is 11.9 Å². The Morgan fingerprint density at radius 3 is 0.750 bits per heavy atom. The van der Waals surface area contributed by atoms with Gasteiger partial charge in [0.25, 0.3) is 0 Å². The molecule has 0 heterocycles. The Kier molecular flexibility index (Phi) is 48.5. The number of hydrogen-bond acceptors (Lipinski definition) is 6. The molecule has 0 saturated carbocycles. The third kappa shape index (κ3) is 39.4. The van der Waals surface area contributed by atoms with E-state index in [2.05, 4.69) is 89.5 Å². The van der Waals surface area contributed by atoms with Crippen molar-refractivity contribution in [1.29, 1.82) is 0 Å². The summed E-state index contributed by atoms with van der Waals surface area (Å²) in [6.45, 7) is 21.8. The average Bonchev–Trinajstić information content (AvgIpc) is 3.37. The maximum atomic E-state index is 9.77. The van der Waals surface area contributed by atoms with Crippen LogP contribution in [0.15, 0.2) is 24.3 Å². The zero-order chi connectivity index (χ0) is 53.5. The van der Waals surface area contributed by atoms with E-state index in [4.69, 9.17) is 20.4 Å². The molecule has 6 unspecified atom stereocenters. The SMILES string of the molecule is CCCCCCCCCCCC(C)N(Cc1cccc(CN(C(C)CCCCCCCCCCC)C(C)CCCCCCCCCCC)c1)C(C)CCCCCCCCCCC.O=C(O)C(O)C(O)C(=O)O. The molecule has 0 saturated heterocycles. The van der Waals surface area contributed by atoms with Gasteiger partial charge in [0.15, 0.2) is 12.2 Å². The van der Waals surface area contributed by atoms with Gasteiger partial charge in [-0.3, -0.25) is 9.80 Å². The van der Waals surface area contributed by atoms with Gasteiger partial charge in [0, 0.05) is 37.3 Å². The second-order valence-electron chi connectivity index (χ2n) is 22.6. The van der Waals surface area contributed by atoms with Crippen LogP contribution < -0.4 is 0 Å². The third-order valence-electron chi connectivity index (χ3n) is 15.7. The maximum absolute atomic E-state index is 9.77. The van der Waals surface area contributed by atoms with Gasteiger partial charge in [-0.2, -0.15) is 0 Å². The molecular weight excluding hydrogens is 893 g/mol. The Hall–Kier alpha value is -2.00. The number of carbonyl (C=O) groups is 2. The number of carboxylic acid groups (broad SMARTS) is 2. The molecule has 0 bridgehead atoms. The zero-order valence-corrected chi connectivity index (χ0v) is 49.0. The summed E-state index contributed by atoms with van der Waals surface area (Å²) in [6.07, 6.45) is 52.0. The van der Waals surface area contributed by atoms with Gasteiger partial charge >= 0.3 is 11.9 Å². The molecule has 0 aromatic heterocycles. The molecule has 8 nitrogen and oxygen atoms in total. The van der Waals surface area contributed by atoms with Gasteiger partial charge in [-0.15, -0.1) is 0 Å². The highest BCUT2D eigenvalue weighted by molar-refractivity contribution is 5.83. The summed E-state index contributed by atoms with van der Waals surface area (Å²) in [5.74, 6) is -3.54. The summed E-state index contributed by atoms with van der Waals surface area (Å²) >= 11 is 0. The molecule has 0 fully saturated rings. The smallest absolute Gasteiger partial charge is 0.335 e. The van der Waals surface area contributed by atoms with Gasteiger partial charge in [-0.1, -0.05) is 283 Å². The largest absolute Gasteiger partial charge is 0.479 e. The number of unbranched alkanes of at least 4 members (excludes halogenated alkanes) is 32. The summed E-state index contributed by atoms with van der Waals surface area (Å²) in [4.78, 5) is 25.4. The molecule has 8 heteroatoms. The molecule has 0 aliphatic rings. The first-order valence-corrected chi connectivity index (χ1v) is 31.2. The van der Waals surface area contributed by atoms with Crippen molar-refractivity contribution < 1.29 is 30.0 Å². The van der Waals surface area contributed by atoms with Crippen LogP contribution in [0.4, 0.5) is 0 Å². The minimum absolute atomic E-state index is 0.640. The van der Waals surface area contributed by atoms with E-state index in [1.807, 2.05) is 0 Å². The van der Waals surface area contributed by atoms with Crippen LogP contribution in [0.1, 0.15) is 323 Å². The standard InChI is InChI=1S/C60H116N2.C4H6O6/c1-9-13-17-21-25-29-33-37-41-46-55(5)61(56(6)47-42-38-34-30-26-22-18-14-10-2)53-59-50-45-51-60(52-59)54-62(57(7)48-43-39-35-31-27-23-19-15-11-3)58(8)49-44-40-36-32-28-24-20-16-12-4;5-1(3(7)8)2(6)4(9)10/h45,50-52,55-58H,9-44,46-49,53-54H2,1-8H3;1-2,5-6H,(H,7,8)(H,9,10). The molecular formula is C64H122N2O6. The van der Waals surface area contributed by atoms with Gasteiger partial charge in [0.1, 0.15) is 0 Å². The molecule has 72 heavy (non-hydrogen) atoms.